The maximum absolute atomic E-state index is 6.94. The third-order valence-electron chi connectivity index (χ3n) is 9.99. The standard InChI is InChI=1S/C44H32O/c1-44(2)37-22-12-11-20-33(37)34-25-24-31(27-38(34)44)41-32-19-10-9-18-30(32)26-36-42-35(21-13-23-39(42)45-43(36)41)40(28-14-5-3-6-15-28)29-16-7-4-8-17-29/h3-27,40H,1-2H3. The van der Waals surface area contributed by atoms with E-state index in [4.69, 9.17) is 4.42 Å². The van der Waals surface area contributed by atoms with E-state index >= 15 is 0 Å². The highest BCUT2D eigenvalue weighted by atomic mass is 16.3. The van der Waals surface area contributed by atoms with Crippen LogP contribution in [-0.4, -0.2) is 0 Å². The van der Waals surface area contributed by atoms with Crippen LogP contribution >= 0.6 is 0 Å². The average molecular weight is 577 g/mol. The molecule has 7 aromatic carbocycles. The van der Waals surface area contributed by atoms with Crippen LogP contribution in [0.25, 0.3) is 55.0 Å². The van der Waals surface area contributed by atoms with Gasteiger partial charge in [0, 0.05) is 27.7 Å². The van der Waals surface area contributed by atoms with E-state index in [2.05, 4.69) is 166 Å². The molecule has 45 heavy (non-hydrogen) atoms. The predicted octanol–water partition coefficient (Wildman–Crippen LogP) is 11.9. The molecule has 0 aliphatic heterocycles. The second-order valence-corrected chi connectivity index (χ2v) is 12.9. The van der Waals surface area contributed by atoms with Gasteiger partial charge < -0.3 is 4.42 Å². The first kappa shape index (κ1) is 26.0. The fourth-order valence-corrected chi connectivity index (χ4v) is 7.88. The number of benzene rings is 7. The molecule has 0 radical (unpaired) electrons. The molecule has 0 saturated heterocycles. The molecule has 9 rings (SSSR count). The minimum atomic E-state index is -0.0781. The van der Waals surface area contributed by atoms with Crippen molar-refractivity contribution in [3.8, 4) is 22.3 Å². The number of furan rings is 1. The van der Waals surface area contributed by atoms with Gasteiger partial charge in [-0.3, -0.25) is 0 Å². The molecule has 1 heterocycles. The first-order chi connectivity index (χ1) is 22.1. The van der Waals surface area contributed by atoms with Gasteiger partial charge in [-0.05, 0) is 73.5 Å². The maximum atomic E-state index is 6.94. The Balaban J connectivity index is 1.35. The lowest BCUT2D eigenvalue weighted by Crippen LogP contribution is -2.14. The molecule has 0 spiro atoms. The minimum absolute atomic E-state index is 0.0751. The molecule has 1 aliphatic rings. The van der Waals surface area contributed by atoms with Gasteiger partial charge in [-0.15, -0.1) is 0 Å². The summed E-state index contributed by atoms with van der Waals surface area (Å²) in [5.41, 5.74) is 13.4. The Bertz CT molecular complexity index is 2350. The molecule has 0 amide bonds. The van der Waals surface area contributed by atoms with E-state index in [0.29, 0.717) is 0 Å². The monoisotopic (exact) mass is 576 g/mol. The number of hydrogen-bond donors (Lipinski definition) is 0. The Morgan fingerprint density at radius 2 is 1.20 bits per heavy atom. The first-order valence-corrected chi connectivity index (χ1v) is 15.8. The van der Waals surface area contributed by atoms with Crippen molar-refractivity contribution < 1.29 is 4.42 Å². The number of rotatable bonds is 4. The van der Waals surface area contributed by atoms with Crippen molar-refractivity contribution in [3.63, 3.8) is 0 Å². The zero-order valence-corrected chi connectivity index (χ0v) is 25.4. The van der Waals surface area contributed by atoms with Crippen LogP contribution in [0.4, 0.5) is 0 Å². The molecule has 0 saturated carbocycles. The maximum Gasteiger partial charge on any atom is 0.143 e. The zero-order chi connectivity index (χ0) is 30.1. The van der Waals surface area contributed by atoms with Gasteiger partial charge in [0.1, 0.15) is 11.2 Å². The second kappa shape index (κ2) is 9.81. The normalized spacial score (nSPS) is 13.5. The van der Waals surface area contributed by atoms with E-state index in [-0.39, 0.29) is 11.3 Å². The van der Waals surface area contributed by atoms with Gasteiger partial charge in [-0.25, -0.2) is 0 Å². The van der Waals surface area contributed by atoms with Crippen LogP contribution in [0.1, 0.15) is 47.6 Å². The van der Waals surface area contributed by atoms with Gasteiger partial charge in [0.2, 0.25) is 0 Å². The highest BCUT2D eigenvalue weighted by Gasteiger charge is 2.35. The fourth-order valence-electron chi connectivity index (χ4n) is 7.88. The SMILES string of the molecule is CC1(C)c2ccccc2-c2ccc(-c3c4ccccc4cc4c3oc3cccc(C(c5ccccc5)c5ccccc5)c34)cc21. The summed E-state index contributed by atoms with van der Waals surface area (Å²) in [6.07, 6.45) is 0. The van der Waals surface area contributed by atoms with Crippen molar-refractivity contribution >= 4 is 32.7 Å². The Labute approximate surface area is 263 Å². The summed E-state index contributed by atoms with van der Waals surface area (Å²) in [6, 6.07) is 55.2. The van der Waals surface area contributed by atoms with Gasteiger partial charge in [0.25, 0.3) is 0 Å². The molecular formula is C44H32O. The highest BCUT2D eigenvalue weighted by molar-refractivity contribution is 6.19. The van der Waals surface area contributed by atoms with Crippen LogP contribution in [0.3, 0.4) is 0 Å². The second-order valence-electron chi connectivity index (χ2n) is 12.9. The zero-order valence-electron chi connectivity index (χ0n) is 25.4. The third-order valence-corrected chi connectivity index (χ3v) is 9.99. The summed E-state index contributed by atoms with van der Waals surface area (Å²) in [5, 5.41) is 4.78. The molecule has 1 aromatic heterocycles. The molecule has 0 atom stereocenters. The van der Waals surface area contributed by atoms with Crippen LogP contribution in [0.5, 0.6) is 0 Å². The van der Waals surface area contributed by atoms with Crippen LogP contribution < -0.4 is 0 Å². The van der Waals surface area contributed by atoms with Crippen LogP contribution in [0.2, 0.25) is 0 Å². The summed E-state index contributed by atoms with van der Waals surface area (Å²) < 4.78 is 6.94. The molecule has 1 heteroatoms. The number of fused-ring (bicyclic) bond motifs is 7. The lowest BCUT2D eigenvalue weighted by molar-refractivity contribution is 0.660. The van der Waals surface area contributed by atoms with Crippen molar-refractivity contribution in [1.29, 1.82) is 0 Å². The average Bonchev–Trinajstić information content (AvgIpc) is 3.57. The van der Waals surface area contributed by atoms with Crippen molar-refractivity contribution in [2.24, 2.45) is 0 Å². The smallest absolute Gasteiger partial charge is 0.143 e. The van der Waals surface area contributed by atoms with E-state index in [1.54, 1.807) is 0 Å². The Kier molecular flexibility index (Phi) is 5.67. The molecular weight excluding hydrogens is 544 g/mol. The molecule has 0 fully saturated rings. The molecule has 0 bridgehead atoms. The fraction of sp³-hybridized carbons (Fsp3) is 0.0909. The van der Waals surface area contributed by atoms with Crippen molar-refractivity contribution in [2.45, 2.75) is 25.2 Å². The van der Waals surface area contributed by atoms with Crippen LogP contribution in [-0.2, 0) is 5.41 Å². The number of hydrogen-bond acceptors (Lipinski definition) is 1. The highest BCUT2D eigenvalue weighted by Crippen LogP contribution is 2.51. The Hall–Kier alpha value is -5.40. The van der Waals surface area contributed by atoms with Crippen molar-refractivity contribution in [1.82, 2.24) is 0 Å². The molecule has 8 aromatic rings. The lowest BCUT2D eigenvalue weighted by Gasteiger charge is -2.22. The van der Waals surface area contributed by atoms with Crippen LogP contribution in [0, 0.1) is 0 Å². The van der Waals surface area contributed by atoms with Gasteiger partial charge in [-0.2, -0.15) is 0 Å². The largest absolute Gasteiger partial charge is 0.455 e. The summed E-state index contributed by atoms with van der Waals surface area (Å²) in [4.78, 5) is 0. The molecule has 0 unspecified atom stereocenters. The van der Waals surface area contributed by atoms with Gasteiger partial charge in [0.15, 0.2) is 0 Å². The van der Waals surface area contributed by atoms with E-state index in [0.717, 1.165) is 22.1 Å². The van der Waals surface area contributed by atoms with E-state index in [9.17, 15) is 0 Å². The third kappa shape index (κ3) is 3.87. The first-order valence-electron chi connectivity index (χ1n) is 15.8. The molecule has 0 N–H and O–H groups in total. The van der Waals surface area contributed by atoms with Crippen molar-refractivity contribution in [3.05, 3.63) is 179 Å². The molecule has 1 nitrogen and oxygen atoms in total. The summed E-state index contributed by atoms with van der Waals surface area (Å²) in [7, 11) is 0. The topological polar surface area (TPSA) is 13.1 Å². The van der Waals surface area contributed by atoms with Gasteiger partial charge >= 0.3 is 0 Å². The van der Waals surface area contributed by atoms with Crippen molar-refractivity contribution in [2.75, 3.05) is 0 Å². The van der Waals surface area contributed by atoms with E-state index < -0.39 is 0 Å². The predicted molar refractivity (Wildman–Crippen MR) is 188 cm³/mol. The summed E-state index contributed by atoms with van der Waals surface area (Å²) >= 11 is 0. The Morgan fingerprint density at radius 1 is 0.533 bits per heavy atom. The molecule has 1 aliphatic carbocycles. The van der Waals surface area contributed by atoms with E-state index in [1.165, 1.54) is 60.7 Å². The van der Waals surface area contributed by atoms with E-state index in [1.807, 2.05) is 0 Å². The lowest BCUT2D eigenvalue weighted by atomic mass is 9.81. The molecule has 214 valence electrons. The Morgan fingerprint density at radius 3 is 1.98 bits per heavy atom. The quantitative estimate of drug-likeness (QED) is 0.190. The minimum Gasteiger partial charge on any atom is -0.455 e. The van der Waals surface area contributed by atoms with Gasteiger partial charge in [0.05, 0.1) is 0 Å². The summed E-state index contributed by atoms with van der Waals surface area (Å²) in [5.74, 6) is 0.0751. The van der Waals surface area contributed by atoms with Gasteiger partial charge in [-0.1, -0.05) is 147 Å². The van der Waals surface area contributed by atoms with Crippen LogP contribution in [0.15, 0.2) is 156 Å². The summed E-state index contributed by atoms with van der Waals surface area (Å²) in [6.45, 7) is 4.70.